The standard InChI is InChI=1S/C16H32/c1-12(2)16(13(3)4)10-14(5,6)9-15(7,8)11-16/h12-13H,9-11H2,1-8H3. The summed E-state index contributed by atoms with van der Waals surface area (Å²) in [6, 6.07) is 0. The highest BCUT2D eigenvalue weighted by Crippen LogP contribution is 2.59. The lowest BCUT2D eigenvalue weighted by Crippen LogP contribution is -2.47. The average Bonchev–Trinajstić information content (AvgIpc) is 1.96. The van der Waals surface area contributed by atoms with Crippen molar-refractivity contribution in [2.45, 2.75) is 74.7 Å². The third kappa shape index (κ3) is 2.63. The van der Waals surface area contributed by atoms with Crippen molar-refractivity contribution in [1.82, 2.24) is 0 Å². The summed E-state index contributed by atoms with van der Waals surface area (Å²) >= 11 is 0. The average molecular weight is 224 g/mol. The maximum atomic E-state index is 2.47. The van der Waals surface area contributed by atoms with E-state index in [-0.39, 0.29) is 0 Å². The van der Waals surface area contributed by atoms with E-state index in [9.17, 15) is 0 Å². The van der Waals surface area contributed by atoms with E-state index in [4.69, 9.17) is 0 Å². The number of hydrogen-bond acceptors (Lipinski definition) is 0. The highest BCUT2D eigenvalue weighted by Gasteiger charge is 2.50. The first-order valence-electron chi connectivity index (χ1n) is 7.01. The second kappa shape index (κ2) is 4.03. The van der Waals surface area contributed by atoms with Gasteiger partial charge in [0.2, 0.25) is 0 Å². The van der Waals surface area contributed by atoms with Crippen LogP contribution in [0.4, 0.5) is 0 Å². The summed E-state index contributed by atoms with van der Waals surface area (Å²) in [5.41, 5.74) is 1.57. The lowest BCUT2D eigenvalue weighted by molar-refractivity contribution is -0.0621. The Morgan fingerprint density at radius 1 is 0.625 bits per heavy atom. The topological polar surface area (TPSA) is 0 Å². The molecule has 0 atom stereocenters. The van der Waals surface area contributed by atoms with Crippen molar-refractivity contribution in [3.63, 3.8) is 0 Å². The van der Waals surface area contributed by atoms with E-state index in [1.807, 2.05) is 0 Å². The molecule has 0 spiro atoms. The molecular formula is C16H32. The third-order valence-electron chi connectivity index (χ3n) is 4.87. The van der Waals surface area contributed by atoms with E-state index < -0.39 is 0 Å². The summed E-state index contributed by atoms with van der Waals surface area (Å²) in [5.74, 6) is 1.60. The molecule has 16 heavy (non-hydrogen) atoms. The van der Waals surface area contributed by atoms with Gasteiger partial charge in [0, 0.05) is 0 Å². The number of rotatable bonds is 2. The maximum absolute atomic E-state index is 2.47. The molecule has 0 heterocycles. The predicted octanol–water partition coefficient (Wildman–Crippen LogP) is 5.52. The van der Waals surface area contributed by atoms with Crippen LogP contribution in [-0.2, 0) is 0 Å². The van der Waals surface area contributed by atoms with Crippen LogP contribution in [0.2, 0.25) is 0 Å². The lowest BCUT2D eigenvalue weighted by Gasteiger charge is -2.56. The molecule has 1 fully saturated rings. The van der Waals surface area contributed by atoms with Crippen molar-refractivity contribution in [3.05, 3.63) is 0 Å². The molecule has 1 rings (SSSR count). The Morgan fingerprint density at radius 3 is 1.19 bits per heavy atom. The Labute approximate surface area is 103 Å². The summed E-state index contributed by atoms with van der Waals surface area (Å²) in [7, 11) is 0. The Bertz CT molecular complexity index is 217. The fraction of sp³-hybridized carbons (Fsp3) is 1.00. The van der Waals surface area contributed by atoms with Crippen molar-refractivity contribution in [3.8, 4) is 0 Å². The van der Waals surface area contributed by atoms with Gasteiger partial charge in [-0.3, -0.25) is 0 Å². The first-order valence-corrected chi connectivity index (χ1v) is 7.01. The second-order valence-electron chi connectivity index (χ2n) is 8.40. The van der Waals surface area contributed by atoms with Crippen LogP contribution in [0.25, 0.3) is 0 Å². The molecule has 0 aliphatic heterocycles. The molecule has 0 bridgehead atoms. The van der Waals surface area contributed by atoms with E-state index >= 15 is 0 Å². The van der Waals surface area contributed by atoms with Crippen LogP contribution in [0.5, 0.6) is 0 Å². The predicted molar refractivity (Wildman–Crippen MR) is 73.5 cm³/mol. The minimum Gasteiger partial charge on any atom is -0.0622 e. The Morgan fingerprint density at radius 2 is 0.938 bits per heavy atom. The van der Waals surface area contributed by atoms with Crippen molar-refractivity contribution in [1.29, 1.82) is 0 Å². The summed E-state index contributed by atoms with van der Waals surface area (Å²) in [6.07, 6.45) is 4.18. The third-order valence-corrected chi connectivity index (χ3v) is 4.87. The molecule has 0 amide bonds. The molecule has 0 heteroatoms. The fourth-order valence-corrected chi connectivity index (χ4v) is 4.75. The molecule has 1 saturated carbocycles. The van der Waals surface area contributed by atoms with Gasteiger partial charge < -0.3 is 0 Å². The van der Waals surface area contributed by atoms with Gasteiger partial charge in [-0.05, 0) is 47.3 Å². The van der Waals surface area contributed by atoms with Gasteiger partial charge in [-0.25, -0.2) is 0 Å². The molecule has 0 radical (unpaired) electrons. The van der Waals surface area contributed by atoms with Gasteiger partial charge in [-0.1, -0.05) is 55.4 Å². The first kappa shape index (κ1) is 14.1. The highest BCUT2D eigenvalue weighted by atomic mass is 14.5. The Balaban J connectivity index is 3.10. The Hall–Kier alpha value is 0. The lowest BCUT2D eigenvalue weighted by atomic mass is 9.49. The van der Waals surface area contributed by atoms with E-state index in [0.29, 0.717) is 16.2 Å². The van der Waals surface area contributed by atoms with Crippen LogP contribution in [0.15, 0.2) is 0 Å². The van der Waals surface area contributed by atoms with E-state index in [1.54, 1.807) is 0 Å². The van der Waals surface area contributed by atoms with Gasteiger partial charge in [-0.2, -0.15) is 0 Å². The molecular weight excluding hydrogens is 192 g/mol. The van der Waals surface area contributed by atoms with Crippen molar-refractivity contribution >= 4 is 0 Å². The molecule has 0 aromatic carbocycles. The monoisotopic (exact) mass is 224 g/mol. The molecule has 1 aliphatic carbocycles. The first-order chi connectivity index (χ1) is 7.01. The Kier molecular flexibility index (Phi) is 3.54. The van der Waals surface area contributed by atoms with Gasteiger partial charge in [0.1, 0.15) is 0 Å². The van der Waals surface area contributed by atoms with Gasteiger partial charge in [0.05, 0.1) is 0 Å². The molecule has 96 valence electrons. The van der Waals surface area contributed by atoms with E-state index in [2.05, 4.69) is 55.4 Å². The summed E-state index contributed by atoms with van der Waals surface area (Å²) in [5, 5.41) is 0. The van der Waals surface area contributed by atoms with Crippen molar-refractivity contribution in [2.24, 2.45) is 28.1 Å². The van der Waals surface area contributed by atoms with Crippen LogP contribution in [-0.4, -0.2) is 0 Å². The van der Waals surface area contributed by atoms with Crippen LogP contribution >= 0.6 is 0 Å². The maximum Gasteiger partial charge on any atom is -0.0241 e. The molecule has 0 unspecified atom stereocenters. The zero-order chi connectivity index (χ0) is 12.8. The molecule has 0 saturated heterocycles. The molecule has 0 aromatic heterocycles. The van der Waals surface area contributed by atoms with Crippen LogP contribution in [0.3, 0.4) is 0 Å². The van der Waals surface area contributed by atoms with Gasteiger partial charge in [0.15, 0.2) is 0 Å². The van der Waals surface area contributed by atoms with Crippen LogP contribution in [0.1, 0.15) is 74.7 Å². The minimum absolute atomic E-state index is 0.510. The van der Waals surface area contributed by atoms with E-state index in [0.717, 1.165) is 11.8 Å². The highest BCUT2D eigenvalue weighted by molar-refractivity contribution is 5.00. The van der Waals surface area contributed by atoms with Crippen molar-refractivity contribution < 1.29 is 0 Å². The summed E-state index contributed by atoms with van der Waals surface area (Å²) in [6.45, 7) is 19.6. The molecule has 0 aromatic rings. The van der Waals surface area contributed by atoms with Gasteiger partial charge in [-0.15, -0.1) is 0 Å². The zero-order valence-corrected chi connectivity index (χ0v) is 12.8. The van der Waals surface area contributed by atoms with E-state index in [1.165, 1.54) is 19.3 Å². The quantitative estimate of drug-likeness (QED) is 0.579. The van der Waals surface area contributed by atoms with Crippen molar-refractivity contribution in [2.75, 3.05) is 0 Å². The van der Waals surface area contributed by atoms with Crippen LogP contribution in [0, 0.1) is 28.1 Å². The molecule has 0 nitrogen and oxygen atoms in total. The minimum atomic E-state index is 0.510. The molecule has 1 aliphatic rings. The smallest absolute Gasteiger partial charge is 0.0241 e. The normalized spacial score (nSPS) is 27.4. The van der Waals surface area contributed by atoms with Crippen LogP contribution < -0.4 is 0 Å². The number of hydrogen-bond donors (Lipinski definition) is 0. The SMILES string of the molecule is CC(C)C1(C(C)C)CC(C)(C)CC(C)(C)C1. The largest absolute Gasteiger partial charge is 0.0622 e. The van der Waals surface area contributed by atoms with Gasteiger partial charge in [0.25, 0.3) is 0 Å². The zero-order valence-electron chi connectivity index (χ0n) is 12.8. The van der Waals surface area contributed by atoms with Gasteiger partial charge >= 0.3 is 0 Å². The summed E-state index contributed by atoms with van der Waals surface area (Å²) < 4.78 is 0. The summed E-state index contributed by atoms with van der Waals surface area (Å²) in [4.78, 5) is 0. The fourth-order valence-electron chi connectivity index (χ4n) is 4.75. The second-order valence-corrected chi connectivity index (χ2v) is 8.40. The molecule has 0 N–H and O–H groups in total.